The molecule has 1 heterocycles. The van der Waals surface area contributed by atoms with Gasteiger partial charge in [0.1, 0.15) is 12.4 Å². The Hall–Kier alpha value is -2.45. The van der Waals surface area contributed by atoms with E-state index in [0.29, 0.717) is 29.0 Å². The van der Waals surface area contributed by atoms with Crippen LogP contribution in [0.1, 0.15) is 18.4 Å². The minimum Gasteiger partial charge on any atom is -0.490 e. The van der Waals surface area contributed by atoms with E-state index in [1.54, 1.807) is 30.3 Å². The molecule has 22 heavy (non-hydrogen) atoms. The summed E-state index contributed by atoms with van der Waals surface area (Å²) in [6.45, 7) is 0.536. The van der Waals surface area contributed by atoms with Crippen LogP contribution in [0.15, 0.2) is 36.5 Å². The summed E-state index contributed by atoms with van der Waals surface area (Å²) in [5, 5.41) is 12.2. The fourth-order valence-corrected chi connectivity index (χ4v) is 2.31. The summed E-state index contributed by atoms with van der Waals surface area (Å²) >= 11 is 0. The van der Waals surface area contributed by atoms with E-state index in [4.69, 9.17) is 10.00 Å². The third kappa shape index (κ3) is 2.92. The highest BCUT2D eigenvalue weighted by Gasteiger charge is 2.41. The summed E-state index contributed by atoms with van der Waals surface area (Å²) < 4.78 is 19.7. The summed E-state index contributed by atoms with van der Waals surface area (Å²) in [6, 6.07) is 10.5. The summed E-state index contributed by atoms with van der Waals surface area (Å²) in [6.07, 6.45) is 3.54. The highest BCUT2D eigenvalue weighted by atomic mass is 19.1. The quantitative estimate of drug-likeness (QED) is 0.862. The molecule has 4 nitrogen and oxygen atoms in total. The molecule has 112 valence electrons. The number of hydrogen-bond donors (Lipinski definition) is 1. The van der Waals surface area contributed by atoms with Crippen LogP contribution in [0.25, 0.3) is 11.1 Å². The molecular formula is C17H16FN3O. The van der Waals surface area contributed by atoms with Gasteiger partial charge in [-0.2, -0.15) is 9.65 Å². The first-order chi connectivity index (χ1) is 10.7. The summed E-state index contributed by atoms with van der Waals surface area (Å²) in [5.41, 5.74) is 1.48. The molecule has 0 radical (unpaired) electrons. The number of pyridine rings is 1. The molecule has 0 unspecified atom stereocenters. The molecule has 3 rings (SSSR count). The van der Waals surface area contributed by atoms with Crippen molar-refractivity contribution in [2.24, 2.45) is 0 Å². The van der Waals surface area contributed by atoms with Crippen LogP contribution < -0.4 is 10.1 Å². The number of halogens is 1. The molecule has 1 fully saturated rings. The smallest absolute Gasteiger partial charge is 0.220 e. The lowest BCUT2D eigenvalue weighted by Crippen LogP contribution is -2.33. The molecule has 1 aromatic heterocycles. The molecule has 0 saturated heterocycles. The van der Waals surface area contributed by atoms with Gasteiger partial charge in [-0.25, -0.2) is 4.98 Å². The summed E-state index contributed by atoms with van der Waals surface area (Å²) in [7, 11) is 1.91. The zero-order valence-corrected chi connectivity index (χ0v) is 12.3. The van der Waals surface area contributed by atoms with Gasteiger partial charge >= 0.3 is 0 Å². The van der Waals surface area contributed by atoms with Gasteiger partial charge in [-0.05, 0) is 43.7 Å². The Kier molecular flexibility index (Phi) is 3.78. The molecule has 0 amide bonds. The number of nitrogens with one attached hydrogen (secondary N) is 1. The van der Waals surface area contributed by atoms with Crippen LogP contribution >= 0.6 is 0 Å². The van der Waals surface area contributed by atoms with E-state index in [2.05, 4.69) is 10.3 Å². The second-order valence-electron chi connectivity index (χ2n) is 5.52. The van der Waals surface area contributed by atoms with Gasteiger partial charge in [0.05, 0.1) is 23.4 Å². The average Bonchev–Trinajstić information content (AvgIpc) is 3.35. The number of likely N-dealkylation sites (N-methyl/N-ethyl adjacent to an activating group) is 1. The normalized spacial score (nSPS) is 15.1. The Morgan fingerprint density at radius 2 is 2.23 bits per heavy atom. The molecule has 1 N–H and O–H groups in total. The van der Waals surface area contributed by atoms with E-state index in [0.717, 1.165) is 12.8 Å². The van der Waals surface area contributed by atoms with Crippen molar-refractivity contribution in [3.8, 4) is 22.9 Å². The molecule has 1 aliphatic rings. The van der Waals surface area contributed by atoms with Gasteiger partial charge in [0.15, 0.2) is 0 Å². The molecule has 5 heteroatoms. The fraction of sp³-hybridized carbons (Fsp3) is 0.294. The average molecular weight is 297 g/mol. The van der Waals surface area contributed by atoms with Crippen LogP contribution in [-0.4, -0.2) is 24.2 Å². The van der Waals surface area contributed by atoms with Crippen molar-refractivity contribution in [2.45, 2.75) is 18.4 Å². The van der Waals surface area contributed by atoms with E-state index < -0.39 is 5.95 Å². The van der Waals surface area contributed by atoms with Gasteiger partial charge < -0.3 is 10.1 Å². The van der Waals surface area contributed by atoms with Crippen molar-refractivity contribution in [1.82, 2.24) is 10.3 Å². The van der Waals surface area contributed by atoms with Gasteiger partial charge in [0, 0.05) is 5.56 Å². The van der Waals surface area contributed by atoms with E-state index in [-0.39, 0.29) is 5.54 Å². The predicted octanol–water partition coefficient (Wildman–Crippen LogP) is 2.89. The maximum absolute atomic E-state index is 14.0. The molecule has 0 aliphatic heterocycles. The van der Waals surface area contributed by atoms with Crippen molar-refractivity contribution in [2.75, 3.05) is 13.7 Å². The highest BCUT2D eigenvalue weighted by molar-refractivity contribution is 5.66. The Balaban J connectivity index is 1.85. The summed E-state index contributed by atoms with van der Waals surface area (Å²) in [5.74, 6) is -0.0440. The number of hydrogen-bond acceptors (Lipinski definition) is 4. The van der Waals surface area contributed by atoms with Crippen molar-refractivity contribution >= 4 is 0 Å². The van der Waals surface area contributed by atoms with Crippen LogP contribution in [-0.2, 0) is 0 Å². The SMILES string of the molecule is CNC1(COc2cnc(F)c(-c3cccc(C#N)c3)c2)CC1. The first-order valence-electron chi connectivity index (χ1n) is 7.14. The van der Waals surface area contributed by atoms with Crippen molar-refractivity contribution < 1.29 is 9.13 Å². The predicted molar refractivity (Wildman–Crippen MR) is 80.9 cm³/mol. The van der Waals surface area contributed by atoms with E-state index in [1.165, 1.54) is 6.20 Å². The fourth-order valence-electron chi connectivity index (χ4n) is 2.31. The lowest BCUT2D eigenvalue weighted by Gasteiger charge is -2.15. The molecule has 1 saturated carbocycles. The van der Waals surface area contributed by atoms with Gasteiger partial charge in [0.25, 0.3) is 0 Å². The number of ether oxygens (including phenoxy) is 1. The van der Waals surface area contributed by atoms with Gasteiger partial charge in [-0.15, -0.1) is 0 Å². The lowest BCUT2D eigenvalue weighted by molar-refractivity contribution is 0.258. The maximum Gasteiger partial charge on any atom is 0.220 e. The Morgan fingerprint density at radius 1 is 1.41 bits per heavy atom. The van der Waals surface area contributed by atoms with E-state index in [9.17, 15) is 4.39 Å². The second kappa shape index (κ2) is 5.74. The van der Waals surface area contributed by atoms with Crippen molar-refractivity contribution in [3.63, 3.8) is 0 Å². The van der Waals surface area contributed by atoms with Gasteiger partial charge in [-0.1, -0.05) is 12.1 Å². The van der Waals surface area contributed by atoms with Crippen LogP contribution in [0.2, 0.25) is 0 Å². The first-order valence-corrected chi connectivity index (χ1v) is 7.14. The number of nitrogens with zero attached hydrogens (tertiary/aromatic N) is 2. The highest BCUT2D eigenvalue weighted by Crippen LogP contribution is 2.35. The zero-order valence-electron chi connectivity index (χ0n) is 12.3. The Labute approximate surface area is 128 Å². The molecule has 2 aromatic rings. The maximum atomic E-state index is 14.0. The minimum atomic E-state index is -0.572. The second-order valence-corrected chi connectivity index (χ2v) is 5.52. The molecule has 0 bridgehead atoms. The van der Waals surface area contributed by atoms with Crippen LogP contribution in [0, 0.1) is 17.3 Å². The first kappa shape index (κ1) is 14.5. The zero-order chi connectivity index (χ0) is 15.6. The third-order valence-electron chi connectivity index (χ3n) is 4.02. The van der Waals surface area contributed by atoms with Gasteiger partial charge in [0.2, 0.25) is 5.95 Å². The molecule has 0 spiro atoms. The topological polar surface area (TPSA) is 57.9 Å². The number of aromatic nitrogens is 1. The molecular weight excluding hydrogens is 281 g/mol. The van der Waals surface area contributed by atoms with Gasteiger partial charge in [-0.3, -0.25) is 0 Å². The Bertz CT molecular complexity index is 735. The number of benzene rings is 1. The van der Waals surface area contributed by atoms with Crippen LogP contribution in [0.3, 0.4) is 0 Å². The van der Waals surface area contributed by atoms with E-state index >= 15 is 0 Å². The molecule has 1 aliphatic carbocycles. The van der Waals surface area contributed by atoms with Crippen LogP contribution in [0.5, 0.6) is 5.75 Å². The minimum absolute atomic E-state index is 0.0509. The lowest BCUT2D eigenvalue weighted by atomic mass is 10.0. The van der Waals surface area contributed by atoms with Crippen molar-refractivity contribution in [3.05, 3.63) is 48.0 Å². The largest absolute Gasteiger partial charge is 0.490 e. The molecule has 0 atom stereocenters. The molecule has 1 aromatic carbocycles. The summed E-state index contributed by atoms with van der Waals surface area (Å²) in [4.78, 5) is 3.76. The number of nitriles is 1. The van der Waals surface area contributed by atoms with Crippen molar-refractivity contribution in [1.29, 1.82) is 5.26 Å². The van der Waals surface area contributed by atoms with E-state index in [1.807, 2.05) is 13.1 Å². The number of rotatable bonds is 5. The Morgan fingerprint density at radius 3 is 2.91 bits per heavy atom. The monoisotopic (exact) mass is 297 g/mol. The standard InChI is InChI=1S/C17H16FN3O/c1-20-17(5-6-17)11-22-14-8-15(16(18)21-10-14)13-4-2-3-12(7-13)9-19/h2-4,7-8,10,20H,5-6,11H2,1H3. The van der Waals surface area contributed by atoms with Crippen LogP contribution in [0.4, 0.5) is 4.39 Å². The third-order valence-corrected chi connectivity index (χ3v) is 4.02.